The van der Waals surface area contributed by atoms with Gasteiger partial charge in [-0.25, -0.2) is 4.98 Å². The summed E-state index contributed by atoms with van der Waals surface area (Å²) >= 11 is 0. The number of carboxylic acid groups (broad SMARTS) is 1. The van der Waals surface area contributed by atoms with Crippen molar-refractivity contribution in [1.82, 2.24) is 9.55 Å². The van der Waals surface area contributed by atoms with E-state index in [1.54, 1.807) is 17.7 Å². The predicted octanol–water partition coefficient (Wildman–Crippen LogP) is 1.11. The van der Waals surface area contributed by atoms with Crippen molar-refractivity contribution >= 4 is 23.3 Å². The summed E-state index contributed by atoms with van der Waals surface area (Å²) in [5.41, 5.74) is 1.22. The fourth-order valence-electron chi connectivity index (χ4n) is 1.88. The number of aromatic hydroxyl groups is 1. The molecule has 1 heterocycles. The van der Waals surface area contributed by atoms with Crippen molar-refractivity contribution in [2.24, 2.45) is 7.05 Å². The Balaban J connectivity index is 2.55. The van der Waals surface area contributed by atoms with Crippen LogP contribution >= 0.6 is 0 Å². The third-order valence-electron chi connectivity index (χ3n) is 2.84. The fraction of sp³-hybridized carbons (Fsp3) is 0.250. The first-order valence-corrected chi connectivity index (χ1v) is 5.39. The number of imidazole rings is 1. The summed E-state index contributed by atoms with van der Waals surface area (Å²) in [6.07, 6.45) is 0.796. The van der Waals surface area contributed by atoms with Crippen molar-refractivity contribution in [1.29, 1.82) is 0 Å². The van der Waals surface area contributed by atoms with Crippen molar-refractivity contribution in [2.45, 2.75) is 12.8 Å². The van der Waals surface area contributed by atoms with Crippen LogP contribution in [0.3, 0.4) is 0 Å². The van der Waals surface area contributed by atoms with Gasteiger partial charge in [0.2, 0.25) is 0 Å². The highest BCUT2D eigenvalue weighted by molar-refractivity contribution is 5.97. The van der Waals surface area contributed by atoms with Crippen molar-refractivity contribution in [2.75, 3.05) is 0 Å². The summed E-state index contributed by atoms with van der Waals surface area (Å²) in [4.78, 5) is 25.7. The summed E-state index contributed by atoms with van der Waals surface area (Å²) in [6, 6.07) is 3.07. The second kappa shape index (κ2) is 4.48. The average molecular weight is 248 g/mol. The molecule has 0 aliphatic carbocycles. The number of aryl methyl sites for hydroxylation is 2. The predicted molar refractivity (Wildman–Crippen MR) is 63.7 cm³/mol. The van der Waals surface area contributed by atoms with E-state index in [1.807, 2.05) is 0 Å². The number of hydrogen-bond donors (Lipinski definition) is 2. The van der Waals surface area contributed by atoms with E-state index in [0.717, 1.165) is 0 Å². The highest BCUT2D eigenvalue weighted by atomic mass is 16.4. The monoisotopic (exact) mass is 248 g/mol. The highest BCUT2D eigenvalue weighted by Crippen LogP contribution is 2.25. The lowest BCUT2D eigenvalue weighted by Gasteiger charge is -2.00. The molecule has 0 spiro atoms. The molecule has 18 heavy (non-hydrogen) atoms. The molecular weight excluding hydrogens is 236 g/mol. The van der Waals surface area contributed by atoms with Gasteiger partial charge in [0.15, 0.2) is 6.29 Å². The SMILES string of the molecule is Cn1c(CCC(=O)O)nc2c(C=O)c(O)ccc21. The van der Waals surface area contributed by atoms with E-state index < -0.39 is 5.97 Å². The molecule has 2 rings (SSSR count). The molecule has 94 valence electrons. The first kappa shape index (κ1) is 12.1. The first-order chi connectivity index (χ1) is 8.54. The maximum atomic E-state index is 10.9. The van der Waals surface area contributed by atoms with Gasteiger partial charge >= 0.3 is 5.97 Å². The Morgan fingerprint density at radius 2 is 2.22 bits per heavy atom. The quantitative estimate of drug-likeness (QED) is 0.790. The van der Waals surface area contributed by atoms with Crippen molar-refractivity contribution in [3.8, 4) is 5.75 Å². The third kappa shape index (κ3) is 1.92. The van der Waals surface area contributed by atoms with Crippen LogP contribution < -0.4 is 0 Å². The van der Waals surface area contributed by atoms with Gasteiger partial charge in [0, 0.05) is 13.5 Å². The van der Waals surface area contributed by atoms with Gasteiger partial charge < -0.3 is 14.8 Å². The van der Waals surface area contributed by atoms with Crippen molar-refractivity contribution in [3.05, 3.63) is 23.5 Å². The Labute approximate surface area is 102 Å². The van der Waals surface area contributed by atoms with E-state index in [9.17, 15) is 14.7 Å². The van der Waals surface area contributed by atoms with Gasteiger partial charge in [-0.2, -0.15) is 0 Å². The molecule has 0 unspecified atom stereocenters. The number of rotatable bonds is 4. The number of carbonyl (C=O) groups excluding carboxylic acids is 1. The lowest BCUT2D eigenvalue weighted by Crippen LogP contribution is -2.03. The molecule has 1 aromatic heterocycles. The smallest absolute Gasteiger partial charge is 0.303 e. The van der Waals surface area contributed by atoms with E-state index in [1.165, 1.54) is 6.07 Å². The van der Waals surface area contributed by atoms with Crippen molar-refractivity contribution in [3.63, 3.8) is 0 Å². The number of benzene rings is 1. The van der Waals surface area contributed by atoms with Gasteiger partial charge in [0.05, 0.1) is 17.5 Å². The molecule has 6 heteroatoms. The maximum Gasteiger partial charge on any atom is 0.303 e. The van der Waals surface area contributed by atoms with Gasteiger partial charge in [0.25, 0.3) is 0 Å². The maximum absolute atomic E-state index is 10.9. The highest BCUT2D eigenvalue weighted by Gasteiger charge is 2.14. The lowest BCUT2D eigenvalue weighted by molar-refractivity contribution is -0.137. The van der Waals surface area contributed by atoms with Gasteiger partial charge in [-0.1, -0.05) is 0 Å². The zero-order valence-electron chi connectivity index (χ0n) is 9.75. The minimum absolute atomic E-state index is 0.0282. The molecule has 0 saturated carbocycles. The minimum atomic E-state index is -0.902. The van der Waals surface area contributed by atoms with E-state index in [2.05, 4.69) is 4.98 Å². The molecule has 0 fully saturated rings. The second-order valence-electron chi connectivity index (χ2n) is 3.96. The number of phenols is 1. The number of phenolic OH excluding ortho intramolecular Hbond substituents is 1. The zero-order valence-corrected chi connectivity index (χ0v) is 9.75. The van der Waals surface area contributed by atoms with Gasteiger partial charge in [0.1, 0.15) is 17.1 Å². The minimum Gasteiger partial charge on any atom is -0.507 e. The Hall–Kier alpha value is -2.37. The molecule has 0 aliphatic rings. The van der Waals surface area contributed by atoms with Crippen molar-refractivity contribution < 1.29 is 19.8 Å². The lowest BCUT2D eigenvalue weighted by atomic mass is 10.2. The summed E-state index contributed by atoms with van der Waals surface area (Å²) in [5.74, 6) is -0.456. The molecular formula is C12H12N2O4. The fourth-order valence-corrected chi connectivity index (χ4v) is 1.88. The normalized spacial score (nSPS) is 10.7. The van der Waals surface area contributed by atoms with Crippen LogP contribution in [0.2, 0.25) is 0 Å². The summed E-state index contributed by atoms with van der Waals surface area (Å²) < 4.78 is 1.73. The Morgan fingerprint density at radius 3 is 2.83 bits per heavy atom. The van der Waals surface area contributed by atoms with Gasteiger partial charge in [-0.15, -0.1) is 0 Å². The molecule has 0 aliphatic heterocycles. The summed E-state index contributed by atoms with van der Waals surface area (Å²) in [7, 11) is 1.75. The van der Waals surface area contributed by atoms with Crippen LogP contribution in [0.25, 0.3) is 11.0 Å². The number of hydrogen-bond acceptors (Lipinski definition) is 4. The van der Waals surface area contributed by atoms with Gasteiger partial charge in [-0.3, -0.25) is 9.59 Å². The van der Waals surface area contributed by atoms with Crippen LogP contribution in [0.5, 0.6) is 5.75 Å². The molecule has 0 saturated heterocycles. The Kier molecular flexibility index (Phi) is 3.01. The summed E-state index contributed by atoms with van der Waals surface area (Å²) in [5, 5.41) is 18.2. The Morgan fingerprint density at radius 1 is 1.50 bits per heavy atom. The van der Waals surface area contributed by atoms with E-state index in [4.69, 9.17) is 5.11 Å². The number of aromatic nitrogens is 2. The van der Waals surface area contributed by atoms with Crippen LogP contribution in [0.4, 0.5) is 0 Å². The molecule has 0 radical (unpaired) electrons. The largest absolute Gasteiger partial charge is 0.507 e. The topological polar surface area (TPSA) is 92.4 Å². The van der Waals surface area contributed by atoms with Crippen LogP contribution in [0.1, 0.15) is 22.6 Å². The third-order valence-corrected chi connectivity index (χ3v) is 2.84. The second-order valence-corrected chi connectivity index (χ2v) is 3.96. The number of carboxylic acids is 1. The number of carbonyl (C=O) groups is 2. The standard InChI is InChI=1S/C12H12N2O4/c1-14-8-2-3-9(16)7(6-15)12(8)13-10(14)4-5-11(17)18/h2-3,6,16H,4-5H2,1H3,(H,17,18). The number of aldehydes is 1. The van der Waals surface area contributed by atoms with Crippen LogP contribution in [-0.2, 0) is 18.3 Å². The van der Waals surface area contributed by atoms with E-state index in [-0.39, 0.29) is 24.2 Å². The van der Waals surface area contributed by atoms with Gasteiger partial charge in [-0.05, 0) is 12.1 Å². The molecule has 6 nitrogen and oxygen atoms in total. The van der Waals surface area contributed by atoms with Crippen LogP contribution in [0, 0.1) is 0 Å². The molecule has 0 amide bonds. The molecule has 0 bridgehead atoms. The molecule has 1 aromatic carbocycles. The molecule has 2 N–H and O–H groups in total. The van der Waals surface area contributed by atoms with Crippen LogP contribution in [-0.4, -0.2) is 32.0 Å². The zero-order chi connectivity index (χ0) is 13.3. The number of nitrogens with zero attached hydrogens (tertiary/aromatic N) is 2. The summed E-state index contributed by atoms with van der Waals surface area (Å²) in [6.45, 7) is 0. The average Bonchev–Trinajstić information content (AvgIpc) is 2.64. The molecule has 2 aromatic rings. The number of aliphatic carboxylic acids is 1. The molecule has 0 atom stereocenters. The van der Waals surface area contributed by atoms with E-state index >= 15 is 0 Å². The van der Waals surface area contributed by atoms with E-state index in [0.29, 0.717) is 23.1 Å². The Bertz CT molecular complexity index is 631. The number of fused-ring (bicyclic) bond motifs is 1. The first-order valence-electron chi connectivity index (χ1n) is 5.39. The van der Waals surface area contributed by atoms with Crippen LogP contribution in [0.15, 0.2) is 12.1 Å².